The molecular weight excluding hydrogens is 372 g/mol. The molecular formula is C22H28N2O5. The molecule has 29 heavy (non-hydrogen) atoms. The van der Waals surface area contributed by atoms with Crippen LogP contribution in [0.1, 0.15) is 50.5 Å². The summed E-state index contributed by atoms with van der Waals surface area (Å²) in [5.74, 6) is -0.538. The summed E-state index contributed by atoms with van der Waals surface area (Å²) >= 11 is 0. The van der Waals surface area contributed by atoms with Crippen LogP contribution in [0.4, 0.5) is 0 Å². The number of likely N-dealkylation sites (tertiary alicyclic amines) is 2. The van der Waals surface area contributed by atoms with Gasteiger partial charge in [0.15, 0.2) is 0 Å². The van der Waals surface area contributed by atoms with Crippen LogP contribution in [0, 0.1) is 5.92 Å². The van der Waals surface area contributed by atoms with E-state index in [0.29, 0.717) is 64.0 Å². The van der Waals surface area contributed by atoms with Gasteiger partial charge in [-0.25, -0.2) is 0 Å². The summed E-state index contributed by atoms with van der Waals surface area (Å²) in [7, 11) is 0. The minimum absolute atomic E-state index is 0.0283. The van der Waals surface area contributed by atoms with E-state index in [9.17, 15) is 19.5 Å². The quantitative estimate of drug-likeness (QED) is 0.823. The molecule has 3 aliphatic rings. The van der Waals surface area contributed by atoms with Crippen molar-refractivity contribution >= 4 is 17.8 Å². The number of amides is 2. The predicted molar refractivity (Wildman–Crippen MR) is 106 cm³/mol. The van der Waals surface area contributed by atoms with Crippen LogP contribution in [0.15, 0.2) is 24.3 Å². The Bertz CT molecular complexity index is 807. The third-order valence-corrected chi connectivity index (χ3v) is 6.77. The summed E-state index contributed by atoms with van der Waals surface area (Å²) < 4.78 is 6.31. The minimum atomic E-state index is -0.823. The van der Waals surface area contributed by atoms with E-state index in [2.05, 4.69) is 0 Å². The maximum atomic E-state index is 13.0. The van der Waals surface area contributed by atoms with Crippen molar-refractivity contribution in [2.24, 2.45) is 5.92 Å². The summed E-state index contributed by atoms with van der Waals surface area (Å²) in [5, 5.41) is 9.72. The molecule has 4 rings (SSSR count). The summed E-state index contributed by atoms with van der Waals surface area (Å²) in [6.45, 7) is 4.02. The summed E-state index contributed by atoms with van der Waals surface area (Å²) in [4.78, 5) is 40.0. The molecule has 0 bridgehead atoms. The molecule has 3 heterocycles. The fraction of sp³-hybridized carbons (Fsp3) is 0.591. The van der Waals surface area contributed by atoms with Crippen LogP contribution in [-0.2, 0) is 14.4 Å². The number of ether oxygens (including phenoxy) is 1. The Morgan fingerprint density at radius 2 is 1.69 bits per heavy atom. The van der Waals surface area contributed by atoms with Crippen LogP contribution in [0.2, 0.25) is 0 Å². The average Bonchev–Trinajstić information content (AvgIpc) is 2.73. The van der Waals surface area contributed by atoms with Crippen LogP contribution >= 0.6 is 0 Å². The first-order chi connectivity index (χ1) is 13.9. The largest absolute Gasteiger partial charge is 0.487 e. The lowest BCUT2D eigenvalue weighted by Crippen LogP contribution is -2.54. The number of carbonyl (C=O) groups excluding carboxylic acids is 2. The smallest absolute Gasteiger partial charge is 0.311 e. The van der Waals surface area contributed by atoms with Crippen LogP contribution < -0.4 is 4.74 Å². The van der Waals surface area contributed by atoms with Crippen molar-refractivity contribution in [1.29, 1.82) is 0 Å². The first-order valence-electron chi connectivity index (χ1n) is 10.4. The first kappa shape index (κ1) is 19.7. The van der Waals surface area contributed by atoms with Crippen molar-refractivity contribution in [3.05, 3.63) is 29.8 Å². The normalized spacial score (nSPS) is 24.0. The molecule has 0 aromatic heterocycles. The highest BCUT2D eigenvalue weighted by Gasteiger charge is 2.46. The standard InChI is InChI=1S/C22H28N2O5/c1-15(25)23-10-6-16(7-11-23)20(26)24-12-8-22(9-13-24)14-18(21(27)28)17-4-2-3-5-19(17)29-22/h2-5,16,18H,6-14H2,1H3,(H,27,28)/t18-/m1/s1. The number of hydrogen-bond donors (Lipinski definition) is 1. The average molecular weight is 400 g/mol. The topological polar surface area (TPSA) is 87.2 Å². The molecule has 1 atom stereocenters. The number of benzene rings is 1. The van der Waals surface area contributed by atoms with Gasteiger partial charge in [0.1, 0.15) is 11.4 Å². The number of hydrogen-bond acceptors (Lipinski definition) is 4. The molecule has 3 aliphatic heterocycles. The summed E-state index contributed by atoms with van der Waals surface area (Å²) in [6.07, 6.45) is 3.15. The SMILES string of the molecule is CC(=O)N1CCC(C(=O)N2CCC3(CC2)C[C@@H](C(=O)O)c2ccccc2O3)CC1. The molecule has 2 saturated heterocycles. The number of para-hydroxylation sites is 1. The number of fused-ring (bicyclic) bond motifs is 1. The molecule has 1 aromatic carbocycles. The van der Waals surface area contributed by atoms with Gasteiger partial charge in [-0.3, -0.25) is 14.4 Å². The lowest BCUT2D eigenvalue weighted by molar-refractivity contribution is -0.146. The monoisotopic (exact) mass is 400 g/mol. The van der Waals surface area contributed by atoms with E-state index in [1.165, 1.54) is 0 Å². The van der Waals surface area contributed by atoms with Crippen LogP contribution in [-0.4, -0.2) is 64.5 Å². The van der Waals surface area contributed by atoms with Crippen molar-refractivity contribution in [3.8, 4) is 5.75 Å². The summed E-state index contributed by atoms with van der Waals surface area (Å²) in [6, 6.07) is 7.37. The molecule has 1 N–H and O–H groups in total. The number of carbonyl (C=O) groups is 3. The highest BCUT2D eigenvalue weighted by atomic mass is 16.5. The second kappa shape index (κ2) is 7.69. The van der Waals surface area contributed by atoms with Crippen molar-refractivity contribution in [3.63, 3.8) is 0 Å². The second-order valence-electron chi connectivity index (χ2n) is 8.52. The van der Waals surface area contributed by atoms with Crippen molar-refractivity contribution in [2.75, 3.05) is 26.2 Å². The Hall–Kier alpha value is -2.57. The van der Waals surface area contributed by atoms with Crippen LogP contribution in [0.5, 0.6) is 5.75 Å². The lowest BCUT2D eigenvalue weighted by atomic mass is 9.77. The molecule has 156 valence electrons. The van der Waals surface area contributed by atoms with Gasteiger partial charge < -0.3 is 19.6 Å². The van der Waals surface area contributed by atoms with Gasteiger partial charge in [0.05, 0.1) is 5.92 Å². The zero-order valence-corrected chi connectivity index (χ0v) is 16.8. The predicted octanol–water partition coefficient (Wildman–Crippen LogP) is 2.26. The van der Waals surface area contributed by atoms with Gasteiger partial charge in [0.25, 0.3) is 0 Å². The molecule has 1 spiro atoms. The highest BCUT2D eigenvalue weighted by molar-refractivity contribution is 5.80. The van der Waals surface area contributed by atoms with E-state index in [4.69, 9.17) is 4.74 Å². The van der Waals surface area contributed by atoms with Gasteiger partial charge in [0, 0.05) is 63.8 Å². The number of carboxylic acid groups (broad SMARTS) is 1. The summed E-state index contributed by atoms with van der Waals surface area (Å²) in [5.41, 5.74) is 0.216. The molecule has 1 aromatic rings. The number of aliphatic carboxylic acids is 1. The van der Waals surface area contributed by atoms with Crippen molar-refractivity contribution < 1.29 is 24.2 Å². The molecule has 0 unspecified atom stereocenters. The number of piperidine rings is 2. The van der Waals surface area contributed by atoms with Crippen LogP contribution in [0.3, 0.4) is 0 Å². The molecule has 7 nitrogen and oxygen atoms in total. The first-order valence-corrected chi connectivity index (χ1v) is 10.4. The molecule has 2 amide bonds. The highest BCUT2D eigenvalue weighted by Crippen LogP contribution is 2.45. The van der Waals surface area contributed by atoms with E-state index in [1.54, 1.807) is 11.8 Å². The van der Waals surface area contributed by atoms with Gasteiger partial charge in [-0.15, -0.1) is 0 Å². The van der Waals surface area contributed by atoms with Gasteiger partial charge in [-0.1, -0.05) is 18.2 Å². The Balaban J connectivity index is 1.40. The fourth-order valence-electron chi connectivity index (χ4n) is 4.98. The van der Waals surface area contributed by atoms with Gasteiger partial charge >= 0.3 is 5.97 Å². The minimum Gasteiger partial charge on any atom is -0.487 e. The van der Waals surface area contributed by atoms with E-state index >= 15 is 0 Å². The van der Waals surface area contributed by atoms with Gasteiger partial charge in [-0.05, 0) is 18.9 Å². The Labute approximate surface area is 170 Å². The molecule has 0 saturated carbocycles. The third kappa shape index (κ3) is 3.82. The van der Waals surface area contributed by atoms with E-state index in [1.807, 2.05) is 29.2 Å². The second-order valence-corrected chi connectivity index (χ2v) is 8.52. The molecule has 0 radical (unpaired) electrons. The van der Waals surface area contributed by atoms with E-state index in [-0.39, 0.29) is 17.7 Å². The van der Waals surface area contributed by atoms with Crippen molar-refractivity contribution in [1.82, 2.24) is 9.80 Å². The maximum Gasteiger partial charge on any atom is 0.311 e. The Kier molecular flexibility index (Phi) is 5.23. The maximum absolute atomic E-state index is 13.0. The number of nitrogens with zero attached hydrogens (tertiary/aromatic N) is 2. The fourth-order valence-corrected chi connectivity index (χ4v) is 4.98. The number of rotatable bonds is 2. The third-order valence-electron chi connectivity index (χ3n) is 6.77. The number of carboxylic acids is 1. The van der Waals surface area contributed by atoms with Gasteiger partial charge in [0.2, 0.25) is 11.8 Å². The lowest BCUT2D eigenvalue weighted by Gasteiger charge is -2.46. The zero-order valence-electron chi connectivity index (χ0n) is 16.8. The van der Waals surface area contributed by atoms with Gasteiger partial charge in [-0.2, -0.15) is 0 Å². The Morgan fingerprint density at radius 3 is 2.31 bits per heavy atom. The van der Waals surface area contributed by atoms with Crippen LogP contribution in [0.25, 0.3) is 0 Å². The molecule has 0 aliphatic carbocycles. The zero-order chi connectivity index (χ0) is 20.6. The van der Waals surface area contributed by atoms with Crippen molar-refractivity contribution in [2.45, 2.75) is 50.5 Å². The molecule has 7 heteroatoms. The van der Waals surface area contributed by atoms with E-state index < -0.39 is 17.5 Å². The van der Waals surface area contributed by atoms with E-state index in [0.717, 1.165) is 5.56 Å². The molecule has 2 fully saturated rings. The Morgan fingerprint density at radius 1 is 1.03 bits per heavy atom.